The summed E-state index contributed by atoms with van der Waals surface area (Å²) in [6, 6.07) is 8.88. The first-order valence-electron chi connectivity index (χ1n) is 5.44. The van der Waals surface area contributed by atoms with Crippen molar-refractivity contribution in [1.82, 2.24) is 14.8 Å². The van der Waals surface area contributed by atoms with Crippen LogP contribution in [0.25, 0.3) is 22.0 Å². The van der Waals surface area contributed by atoms with Gasteiger partial charge in [-0.15, -0.1) is 0 Å². The molecule has 2 heterocycles. The summed E-state index contributed by atoms with van der Waals surface area (Å²) in [5.74, 6) is 0. The van der Waals surface area contributed by atoms with Gasteiger partial charge < -0.3 is 5.73 Å². The number of primary amides is 1. The van der Waals surface area contributed by atoms with Crippen molar-refractivity contribution in [3.63, 3.8) is 0 Å². The fourth-order valence-electron chi connectivity index (χ4n) is 2.00. The second-order valence-corrected chi connectivity index (χ2v) is 3.87. The van der Waals surface area contributed by atoms with E-state index in [-0.39, 0.29) is 0 Å². The first-order valence-corrected chi connectivity index (χ1v) is 5.44. The lowest BCUT2D eigenvalue weighted by atomic mass is 10.0. The number of rotatable bonds is 1. The zero-order valence-electron chi connectivity index (χ0n) is 9.45. The van der Waals surface area contributed by atoms with Crippen LogP contribution in [-0.4, -0.2) is 20.8 Å². The van der Waals surface area contributed by atoms with Crippen LogP contribution in [0.1, 0.15) is 0 Å². The Kier molecular flexibility index (Phi) is 2.30. The lowest BCUT2D eigenvalue weighted by Crippen LogP contribution is -2.20. The summed E-state index contributed by atoms with van der Waals surface area (Å²) >= 11 is 0. The molecule has 5 nitrogen and oxygen atoms in total. The fraction of sp³-hybridized carbons (Fsp3) is 0. The Hall–Kier alpha value is -2.69. The van der Waals surface area contributed by atoms with Gasteiger partial charge in [0.25, 0.3) is 0 Å². The Balaban J connectivity index is 2.29. The Labute approximate surface area is 103 Å². The molecular formula is C13H10N4O. The van der Waals surface area contributed by atoms with Crippen LogP contribution >= 0.6 is 0 Å². The van der Waals surface area contributed by atoms with Gasteiger partial charge in [0.05, 0.1) is 11.7 Å². The molecule has 1 amide bonds. The van der Waals surface area contributed by atoms with E-state index in [2.05, 4.69) is 10.1 Å². The Morgan fingerprint density at radius 3 is 2.78 bits per heavy atom. The molecule has 0 aliphatic rings. The van der Waals surface area contributed by atoms with E-state index in [9.17, 15) is 4.79 Å². The van der Waals surface area contributed by atoms with Crippen molar-refractivity contribution in [2.45, 2.75) is 0 Å². The summed E-state index contributed by atoms with van der Waals surface area (Å²) in [5.41, 5.74) is 7.92. The molecule has 5 heteroatoms. The molecule has 18 heavy (non-hydrogen) atoms. The van der Waals surface area contributed by atoms with E-state index in [1.165, 1.54) is 4.68 Å². The molecule has 0 aliphatic heterocycles. The molecule has 3 rings (SSSR count). The minimum atomic E-state index is -0.590. The van der Waals surface area contributed by atoms with E-state index in [1.807, 2.05) is 30.3 Å². The van der Waals surface area contributed by atoms with Crippen LogP contribution in [0, 0.1) is 0 Å². The normalized spacial score (nSPS) is 10.7. The van der Waals surface area contributed by atoms with Crippen molar-refractivity contribution in [3.05, 3.63) is 48.9 Å². The number of pyridine rings is 1. The van der Waals surface area contributed by atoms with Gasteiger partial charge in [0.2, 0.25) is 0 Å². The van der Waals surface area contributed by atoms with Crippen LogP contribution in [0.5, 0.6) is 0 Å². The number of amides is 1. The molecule has 0 spiro atoms. The number of hydrogen-bond acceptors (Lipinski definition) is 3. The van der Waals surface area contributed by atoms with Gasteiger partial charge in [-0.2, -0.15) is 9.78 Å². The molecule has 0 bridgehead atoms. The first kappa shape index (κ1) is 10.5. The monoisotopic (exact) mass is 238 g/mol. The Morgan fingerprint density at radius 1 is 1.17 bits per heavy atom. The van der Waals surface area contributed by atoms with E-state index in [4.69, 9.17) is 5.73 Å². The molecule has 0 saturated heterocycles. The largest absolute Gasteiger partial charge is 0.350 e. The summed E-state index contributed by atoms with van der Waals surface area (Å²) in [6.45, 7) is 0. The Bertz CT molecular complexity index is 718. The maximum atomic E-state index is 11.2. The fourth-order valence-corrected chi connectivity index (χ4v) is 2.00. The van der Waals surface area contributed by atoms with E-state index < -0.39 is 6.03 Å². The summed E-state index contributed by atoms with van der Waals surface area (Å²) in [7, 11) is 0. The van der Waals surface area contributed by atoms with Crippen molar-refractivity contribution in [2.75, 3.05) is 0 Å². The highest BCUT2D eigenvalue weighted by Crippen LogP contribution is 2.27. The molecule has 0 aliphatic carbocycles. The van der Waals surface area contributed by atoms with E-state index in [1.54, 1.807) is 18.6 Å². The summed E-state index contributed by atoms with van der Waals surface area (Å²) < 4.78 is 1.19. The molecular weight excluding hydrogens is 228 g/mol. The van der Waals surface area contributed by atoms with Gasteiger partial charge in [-0.25, -0.2) is 4.79 Å². The number of carbonyl (C=O) groups is 1. The van der Waals surface area contributed by atoms with Gasteiger partial charge in [0.15, 0.2) is 0 Å². The number of nitrogens with two attached hydrogens (primary N) is 1. The van der Waals surface area contributed by atoms with Gasteiger partial charge in [-0.05, 0) is 17.7 Å². The second kappa shape index (κ2) is 3.96. The van der Waals surface area contributed by atoms with E-state index >= 15 is 0 Å². The molecule has 2 N–H and O–H groups in total. The van der Waals surface area contributed by atoms with Crippen molar-refractivity contribution in [1.29, 1.82) is 0 Å². The third-order valence-corrected chi connectivity index (χ3v) is 2.79. The van der Waals surface area contributed by atoms with Crippen molar-refractivity contribution in [2.24, 2.45) is 5.73 Å². The van der Waals surface area contributed by atoms with Crippen LogP contribution in [0.2, 0.25) is 0 Å². The van der Waals surface area contributed by atoms with Crippen molar-refractivity contribution >= 4 is 16.9 Å². The molecule has 0 saturated carbocycles. The quantitative estimate of drug-likeness (QED) is 0.704. The van der Waals surface area contributed by atoms with Gasteiger partial charge in [0, 0.05) is 23.3 Å². The average Bonchev–Trinajstić information content (AvgIpc) is 2.83. The molecule has 1 aromatic carbocycles. The second-order valence-electron chi connectivity index (χ2n) is 3.87. The summed E-state index contributed by atoms with van der Waals surface area (Å²) in [6.07, 6.45) is 5.13. The number of hydrogen-bond donors (Lipinski definition) is 1. The number of carbonyl (C=O) groups excluding carboxylic acids is 1. The molecule has 2 aromatic heterocycles. The minimum Gasteiger partial charge on any atom is -0.350 e. The van der Waals surface area contributed by atoms with Crippen LogP contribution < -0.4 is 5.73 Å². The first-order chi connectivity index (χ1) is 8.77. The van der Waals surface area contributed by atoms with Crippen LogP contribution in [0.15, 0.2) is 48.9 Å². The topological polar surface area (TPSA) is 73.8 Å². The minimum absolute atomic E-state index is 0.590. The molecule has 88 valence electrons. The van der Waals surface area contributed by atoms with Crippen LogP contribution in [0.4, 0.5) is 4.79 Å². The van der Waals surface area contributed by atoms with Crippen LogP contribution in [-0.2, 0) is 0 Å². The highest BCUT2D eigenvalue weighted by atomic mass is 16.2. The Morgan fingerprint density at radius 2 is 2.06 bits per heavy atom. The zero-order valence-corrected chi connectivity index (χ0v) is 9.45. The van der Waals surface area contributed by atoms with Crippen LogP contribution in [0.3, 0.4) is 0 Å². The summed E-state index contributed by atoms with van der Waals surface area (Å²) in [4.78, 5) is 15.3. The van der Waals surface area contributed by atoms with Gasteiger partial charge in [0.1, 0.15) is 0 Å². The van der Waals surface area contributed by atoms with Gasteiger partial charge in [-0.1, -0.05) is 18.2 Å². The highest BCUT2D eigenvalue weighted by molar-refractivity contribution is 5.98. The number of aromatic nitrogens is 3. The van der Waals surface area contributed by atoms with Crippen molar-refractivity contribution in [3.8, 4) is 11.1 Å². The third-order valence-electron chi connectivity index (χ3n) is 2.79. The lowest BCUT2D eigenvalue weighted by Gasteiger charge is -2.03. The molecule has 3 aromatic rings. The standard InChI is InChI=1S/C13H10N4O/c14-13(18)17-12-5-1-4-10(11(12)8-16-17)9-3-2-6-15-7-9/h1-8H,(H2,14,18). The summed E-state index contributed by atoms with van der Waals surface area (Å²) in [5, 5.41) is 4.88. The van der Waals surface area contributed by atoms with Gasteiger partial charge in [-0.3, -0.25) is 4.98 Å². The predicted octanol–water partition coefficient (Wildman–Crippen LogP) is 2.03. The average molecular weight is 238 g/mol. The highest BCUT2D eigenvalue weighted by Gasteiger charge is 2.10. The van der Waals surface area contributed by atoms with Gasteiger partial charge >= 0.3 is 6.03 Å². The maximum Gasteiger partial charge on any atom is 0.340 e. The third kappa shape index (κ3) is 1.53. The number of nitrogens with zero attached hydrogens (tertiary/aromatic N) is 3. The lowest BCUT2D eigenvalue weighted by molar-refractivity contribution is 0.248. The number of benzene rings is 1. The molecule has 0 radical (unpaired) electrons. The predicted molar refractivity (Wildman–Crippen MR) is 67.9 cm³/mol. The van der Waals surface area contributed by atoms with E-state index in [0.29, 0.717) is 5.52 Å². The molecule has 0 fully saturated rings. The SMILES string of the molecule is NC(=O)n1ncc2c(-c3cccnc3)cccc21. The molecule has 0 unspecified atom stereocenters. The van der Waals surface area contributed by atoms with Crippen molar-refractivity contribution < 1.29 is 4.79 Å². The van der Waals surface area contributed by atoms with E-state index in [0.717, 1.165) is 16.5 Å². The molecule has 0 atom stereocenters. The number of fused-ring (bicyclic) bond motifs is 1. The smallest absolute Gasteiger partial charge is 0.340 e. The zero-order chi connectivity index (χ0) is 12.5. The maximum absolute atomic E-state index is 11.2.